The highest BCUT2D eigenvalue weighted by molar-refractivity contribution is 14.1. The fraction of sp³-hybridized carbons (Fsp3) is 0.333. The maximum absolute atomic E-state index is 12.5. The second kappa shape index (κ2) is 3.69. The summed E-state index contributed by atoms with van der Waals surface area (Å²) in [6.07, 6.45) is 2.94. The molecule has 0 radical (unpaired) electrons. The first-order chi connectivity index (χ1) is 5.11. The van der Waals surface area contributed by atoms with Gasteiger partial charge in [0.25, 0.3) is 0 Å². The molecule has 0 fully saturated rings. The number of hydrogen-bond donors (Lipinski definition) is 2. The van der Waals surface area contributed by atoms with Crippen LogP contribution in [0.3, 0.4) is 0 Å². The smallest absolute Gasteiger partial charge is 0.423 e. The molecule has 0 amide bonds. The number of alkyl halides is 1. The van der Waals surface area contributed by atoms with Gasteiger partial charge in [0.05, 0.1) is 0 Å². The van der Waals surface area contributed by atoms with Crippen LogP contribution in [0, 0.1) is 0 Å². The lowest BCUT2D eigenvalue weighted by atomic mass is 9.75. The fourth-order valence-corrected chi connectivity index (χ4v) is 1.85. The first-order valence-corrected chi connectivity index (χ1v) is 4.42. The summed E-state index contributed by atoms with van der Waals surface area (Å²) in [6, 6.07) is 0. The Bertz CT molecular complexity index is 215. The molecular formula is C6H7BFIO2. The molecule has 0 saturated carbocycles. The summed E-state index contributed by atoms with van der Waals surface area (Å²) in [5.74, 6) is -0.214. The summed E-state index contributed by atoms with van der Waals surface area (Å²) in [5.41, 5.74) is 0.465. The standard InChI is InChI=1S/C6H7BFIO2/c8-4-1-2-5(7(10)11)6(9)3-4/h1-2,6,10-11H,3H2/t6-/m1/s1. The van der Waals surface area contributed by atoms with Crippen molar-refractivity contribution in [3.63, 3.8) is 0 Å². The summed E-state index contributed by atoms with van der Waals surface area (Å²) in [5, 5.41) is 17.5. The Hall–Kier alpha value is 0.125. The summed E-state index contributed by atoms with van der Waals surface area (Å²) in [6.45, 7) is 0. The molecule has 2 nitrogen and oxygen atoms in total. The van der Waals surface area contributed by atoms with Crippen molar-refractivity contribution in [2.24, 2.45) is 0 Å². The average molecular weight is 268 g/mol. The van der Waals surface area contributed by atoms with Gasteiger partial charge in [-0.05, 0) is 11.5 Å². The van der Waals surface area contributed by atoms with Crippen LogP contribution in [-0.4, -0.2) is 21.1 Å². The van der Waals surface area contributed by atoms with E-state index in [-0.39, 0.29) is 16.2 Å². The Morgan fingerprint density at radius 2 is 2.18 bits per heavy atom. The normalized spacial score (nSPS) is 24.2. The monoisotopic (exact) mass is 268 g/mol. The lowest BCUT2D eigenvalue weighted by Crippen LogP contribution is -2.23. The van der Waals surface area contributed by atoms with Gasteiger partial charge in [-0.3, -0.25) is 0 Å². The predicted molar refractivity (Wildman–Crippen MR) is 49.9 cm³/mol. The van der Waals surface area contributed by atoms with Crippen molar-refractivity contribution in [2.75, 3.05) is 0 Å². The molecule has 1 aliphatic rings. The first-order valence-electron chi connectivity index (χ1n) is 3.17. The number of allylic oxidation sites excluding steroid dienone is 4. The third kappa shape index (κ3) is 2.28. The molecule has 5 heteroatoms. The van der Waals surface area contributed by atoms with E-state index in [1.54, 1.807) is 0 Å². The van der Waals surface area contributed by atoms with Crippen LogP contribution in [0.5, 0.6) is 0 Å². The molecule has 1 atom stereocenters. The molecule has 0 spiro atoms. The van der Waals surface area contributed by atoms with E-state index >= 15 is 0 Å². The van der Waals surface area contributed by atoms with Gasteiger partial charge in [0.2, 0.25) is 0 Å². The number of halogens is 2. The largest absolute Gasteiger partial charge is 0.485 e. The third-order valence-corrected chi connectivity index (χ3v) is 2.65. The van der Waals surface area contributed by atoms with Gasteiger partial charge in [-0.2, -0.15) is 0 Å². The van der Waals surface area contributed by atoms with Gasteiger partial charge in [-0.1, -0.05) is 28.7 Å². The second-order valence-corrected chi connectivity index (χ2v) is 3.83. The minimum absolute atomic E-state index is 0.141. The Morgan fingerprint density at radius 1 is 1.55 bits per heavy atom. The van der Waals surface area contributed by atoms with Crippen molar-refractivity contribution >= 4 is 29.7 Å². The highest BCUT2D eigenvalue weighted by atomic mass is 127. The number of rotatable bonds is 1. The van der Waals surface area contributed by atoms with Crippen molar-refractivity contribution in [3.8, 4) is 0 Å². The lowest BCUT2D eigenvalue weighted by molar-refractivity contribution is 0.416. The van der Waals surface area contributed by atoms with E-state index in [0.717, 1.165) is 0 Å². The quantitative estimate of drug-likeness (QED) is 0.423. The van der Waals surface area contributed by atoms with Gasteiger partial charge >= 0.3 is 7.12 Å². The van der Waals surface area contributed by atoms with E-state index in [1.165, 1.54) is 12.2 Å². The highest BCUT2D eigenvalue weighted by Gasteiger charge is 2.25. The predicted octanol–water partition coefficient (Wildman–Crippen LogP) is 0.986. The maximum atomic E-state index is 12.5. The van der Waals surface area contributed by atoms with E-state index in [4.69, 9.17) is 10.0 Å². The van der Waals surface area contributed by atoms with Crippen LogP contribution in [0.25, 0.3) is 0 Å². The van der Waals surface area contributed by atoms with Crippen LogP contribution < -0.4 is 0 Å². The molecule has 0 unspecified atom stereocenters. The molecule has 1 aliphatic carbocycles. The van der Waals surface area contributed by atoms with Crippen molar-refractivity contribution in [1.82, 2.24) is 0 Å². The summed E-state index contributed by atoms with van der Waals surface area (Å²) < 4.78 is 12.4. The molecule has 60 valence electrons. The Kier molecular flexibility index (Phi) is 3.09. The van der Waals surface area contributed by atoms with E-state index in [2.05, 4.69) is 0 Å². The van der Waals surface area contributed by atoms with Crippen molar-refractivity contribution in [3.05, 3.63) is 23.5 Å². The summed E-state index contributed by atoms with van der Waals surface area (Å²) in [7, 11) is -1.46. The summed E-state index contributed by atoms with van der Waals surface area (Å²) >= 11 is 1.98. The zero-order valence-corrected chi connectivity index (χ0v) is 7.82. The minimum atomic E-state index is -1.46. The van der Waals surface area contributed by atoms with E-state index in [9.17, 15) is 4.39 Å². The van der Waals surface area contributed by atoms with Crippen LogP contribution >= 0.6 is 22.6 Å². The maximum Gasteiger partial charge on any atom is 0.485 e. The Balaban J connectivity index is 2.78. The zero-order chi connectivity index (χ0) is 8.43. The van der Waals surface area contributed by atoms with Gasteiger partial charge < -0.3 is 10.0 Å². The van der Waals surface area contributed by atoms with Gasteiger partial charge in [0.15, 0.2) is 0 Å². The molecule has 11 heavy (non-hydrogen) atoms. The van der Waals surface area contributed by atoms with Gasteiger partial charge in [0, 0.05) is 10.3 Å². The molecule has 0 aromatic carbocycles. The molecule has 1 rings (SSSR count). The second-order valence-electron chi connectivity index (χ2n) is 2.33. The molecule has 0 aromatic heterocycles. The van der Waals surface area contributed by atoms with Crippen molar-refractivity contribution < 1.29 is 14.4 Å². The highest BCUT2D eigenvalue weighted by Crippen LogP contribution is 2.26. The fourth-order valence-electron chi connectivity index (χ4n) is 0.896. The lowest BCUT2D eigenvalue weighted by Gasteiger charge is -2.15. The van der Waals surface area contributed by atoms with Crippen LogP contribution in [0.15, 0.2) is 23.5 Å². The van der Waals surface area contributed by atoms with E-state index in [0.29, 0.717) is 5.47 Å². The van der Waals surface area contributed by atoms with Crippen LogP contribution in [-0.2, 0) is 0 Å². The van der Waals surface area contributed by atoms with Crippen molar-refractivity contribution in [1.29, 1.82) is 0 Å². The number of hydrogen-bond acceptors (Lipinski definition) is 2. The van der Waals surface area contributed by atoms with Gasteiger partial charge in [-0.15, -0.1) is 0 Å². The SMILES string of the molecule is OB(O)C1=CC=C(F)C[C@H]1I. The molecular weight excluding hydrogens is 261 g/mol. The average Bonchev–Trinajstić information content (AvgIpc) is 1.85. The Labute approximate surface area is 78.1 Å². The van der Waals surface area contributed by atoms with Crippen LogP contribution in [0.2, 0.25) is 0 Å². The van der Waals surface area contributed by atoms with Crippen LogP contribution in [0.4, 0.5) is 4.39 Å². The van der Waals surface area contributed by atoms with E-state index < -0.39 is 7.12 Å². The minimum Gasteiger partial charge on any atom is -0.423 e. The van der Waals surface area contributed by atoms with Gasteiger partial charge in [0.1, 0.15) is 5.83 Å². The topological polar surface area (TPSA) is 40.5 Å². The van der Waals surface area contributed by atoms with E-state index in [1.807, 2.05) is 22.6 Å². The molecule has 0 heterocycles. The van der Waals surface area contributed by atoms with Crippen molar-refractivity contribution in [2.45, 2.75) is 10.3 Å². The van der Waals surface area contributed by atoms with Crippen LogP contribution in [0.1, 0.15) is 6.42 Å². The molecule has 0 aromatic rings. The first kappa shape index (κ1) is 9.21. The Morgan fingerprint density at radius 3 is 2.64 bits per heavy atom. The zero-order valence-electron chi connectivity index (χ0n) is 5.67. The van der Waals surface area contributed by atoms with Gasteiger partial charge in [-0.25, -0.2) is 4.39 Å². The molecule has 0 aliphatic heterocycles. The molecule has 0 saturated heterocycles. The molecule has 0 bridgehead atoms. The third-order valence-electron chi connectivity index (χ3n) is 1.49. The summed E-state index contributed by atoms with van der Waals surface area (Å²) in [4.78, 5) is 0. The molecule has 2 N–H and O–H groups in total.